The van der Waals surface area contributed by atoms with E-state index >= 15 is 0 Å². The first-order valence-corrected chi connectivity index (χ1v) is 6.91. The lowest BCUT2D eigenvalue weighted by Crippen LogP contribution is -2.42. The van der Waals surface area contributed by atoms with Crippen molar-refractivity contribution in [3.05, 3.63) is 0 Å². The molecule has 0 aliphatic carbocycles. The predicted octanol–water partition coefficient (Wildman–Crippen LogP) is 2.49. The van der Waals surface area contributed by atoms with E-state index in [-0.39, 0.29) is 0 Å². The molecule has 1 rings (SSSR count). The van der Waals surface area contributed by atoms with Crippen molar-refractivity contribution in [1.29, 1.82) is 0 Å². The average Bonchev–Trinajstić information content (AvgIpc) is 2.25. The molecule has 0 aromatic heterocycles. The Balaban J connectivity index is 2.25. The second-order valence-electron chi connectivity index (χ2n) is 5.56. The fourth-order valence-corrected chi connectivity index (χ4v) is 2.42. The van der Waals surface area contributed by atoms with Crippen molar-refractivity contribution < 1.29 is 9.53 Å². The molecule has 0 saturated carbocycles. The van der Waals surface area contributed by atoms with Gasteiger partial charge in [0.05, 0.1) is 6.61 Å². The van der Waals surface area contributed by atoms with Crippen LogP contribution >= 0.6 is 0 Å². The zero-order valence-electron chi connectivity index (χ0n) is 11.6. The summed E-state index contributed by atoms with van der Waals surface area (Å²) in [6, 6.07) is 0.462. The van der Waals surface area contributed by atoms with Gasteiger partial charge in [-0.25, -0.2) is 0 Å². The molecule has 1 atom stereocenters. The molecule has 0 radical (unpaired) electrons. The van der Waals surface area contributed by atoms with Crippen molar-refractivity contribution in [2.75, 3.05) is 26.3 Å². The number of hydrogen-bond donors (Lipinski definition) is 0. The van der Waals surface area contributed by atoms with Crippen LogP contribution in [-0.2, 0) is 9.53 Å². The summed E-state index contributed by atoms with van der Waals surface area (Å²) >= 11 is 0. The molecular formula is C14H27NO2. The zero-order chi connectivity index (χ0) is 12.7. The van der Waals surface area contributed by atoms with E-state index in [0.717, 1.165) is 26.3 Å². The Kier molecular flexibility index (Phi) is 6.75. The maximum absolute atomic E-state index is 11.2. The Labute approximate surface area is 106 Å². The monoisotopic (exact) mass is 241 g/mol. The Hall–Kier alpha value is -0.410. The Bertz CT molecular complexity index is 228. The summed E-state index contributed by atoms with van der Waals surface area (Å²) in [6.45, 7) is 9.77. The molecule has 17 heavy (non-hydrogen) atoms. The van der Waals surface area contributed by atoms with E-state index in [2.05, 4.69) is 18.7 Å². The molecule has 3 nitrogen and oxygen atoms in total. The summed E-state index contributed by atoms with van der Waals surface area (Å²) in [5.41, 5.74) is 0. The van der Waals surface area contributed by atoms with Crippen molar-refractivity contribution in [2.45, 2.75) is 52.5 Å². The van der Waals surface area contributed by atoms with Crippen LogP contribution < -0.4 is 0 Å². The number of ketones is 1. The molecule has 1 fully saturated rings. The third kappa shape index (κ3) is 6.18. The number of ether oxygens (including phenoxy) is 1. The van der Waals surface area contributed by atoms with Crippen LogP contribution in [0.4, 0.5) is 0 Å². The van der Waals surface area contributed by atoms with Gasteiger partial charge in [-0.15, -0.1) is 0 Å². The molecule has 1 aliphatic rings. The normalized spacial score (nSPS) is 22.0. The van der Waals surface area contributed by atoms with Crippen molar-refractivity contribution in [3.63, 3.8) is 0 Å². The van der Waals surface area contributed by atoms with Gasteiger partial charge in [0, 0.05) is 25.6 Å². The van der Waals surface area contributed by atoms with Crippen molar-refractivity contribution >= 4 is 5.78 Å². The smallest absolute Gasteiger partial charge is 0.131 e. The van der Waals surface area contributed by atoms with Crippen LogP contribution in [0.1, 0.15) is 46.5 Å². The van der Waals surface area contributed by atoms with Crippen LogP contribution in [0, 0.1) is 5.92 Å². The first-order chi connectivity index (χ1) is 8.09. The average molecular weight is 241 g/mol. The van der Waals surface area contributed by atoms with Gasteiger partial charge in [-0.1, -0.05) is 20.3 Å². The maximum atomic E-state index is 11.2. The van der Waals surface area contributed by atoms with Gasteiger partial charge in [-0.2, -0.15) is 0 Å². The van der Waals surface area contributed by atoms with E-state index in [0.29, 0.717) is 24.2 Å². The third-order valence-electron chi connectivity index (χ3n) is 3.25. The molecule has 0 aromatic rings. The first-order valence-electron chi connectivity index (χ1n) is 6.91. The van der Waals surface area contributed by atoms with E-state index in [1.165, 1.54) is 19.3 Å². The molecule has 1 saturated heterocycles. The van der Waals surface area contributed by atoms with Crippen molar-refractivity contribution in [1.82, 2.24) is 4.90 Å². The number of carbonyl (C=O) groups excluding carboxylic acids is 1. The van der Waals surface area contributed by atoms with Gasteiger partial charge in [0.2, 0.25) is 0 Å². The van der Waals surface area contributed by atoms with Crippen molar-refractivity contribution in [3.8, 4) is 0 Å². The third-order valence-corrected chi connectivity index (χ3v) is 3.25. The van der Waals surface area contributed by atoms with Crippen LogP contribution in [0.2, 0.25) is 0 Å². The summed E-state index contributed by atoms with van der Waals surface area (Å²) in [5.74, 6) is 0.911. The summed E-state index contributed by atoms with van der Waals surface area (Å²) < 4.78 is 5.62. The lowest BCUT2D eigenvalue weighted by atomic mass is 9.98. The first kappa shape index (κ1) is 14.7. The van der Waals surface area contributed by atoms with Gasteiger partial charge in [0.15, 0.2) is 0 Å². The summed E-state index contributed by atoms with van der Waals surface area (Å²) in [4.78, 5) is 13.7. The van der Waals surface area contributed by atoms with Crippen molar-refractivity contribution in [2.24, 2.45) is 5.92 Å². The van der Waals surface area contributed by atoms with Crippen LogP contribution in [-0.4, -0.2) is 43.0 Å². The van der Waals surface area contributed by atoms with E-state index in [1.54, 1.807) is 6.92 Å². The van der Waals surface area contributed by atoms with Crippen LogP contribution in [0.15, 0.2) is 0 Å². The fraction of sp³-hybridized carbons (Fsp3) is 0.929. The number of nitrogens with zero attached hydrogens (tertiary/aromatic N) is 1. The molecule has 0 N–H and O–H groups in total. The summed E-state index contributed by atoms with van der Waals surface area (Å²) in [5, 5.41) is 0. The second-order valence-corrected chi connectivity index (χ2v) is 5.56. The van der Waals surface area contributed by atoms with Gasteiger partial charge in [0.1, 0.15) is 5.78 Å². The Morgan fingerprint density at radius 1 is 1.41 bits per heavy atom. The van der Waals surface area contributed by atoms with Crippen LogP contribution in [0.25, 0.3) is 0 Å². The molecule has 3 heteroatoms. The fourth-order valence-electron chi connectivity index (χ4n) is 2.42. The number of hydrogen-bond acceptors (Lipinski definition) is 3. The maximum Gasteiger partial charge on any atom is 0.131 e. The minimum Gasteiger partial charge on any atom is -0.380 e. The highest BCUT2D eigenvalue weighted by Crippen LogP contribution is 2.19. The van der Waals surface area contributed by atoms with Gasteiger partial charge in [-0.05, 0) is 32.2 Å². The number of carbonyl (C=O) groups is 1. The van der Waals surface area contributed by atoms with E-state index < -0.39 is 0 Å². The molecule has 0 aromatic carbocycles. The topological polar surface area (TPSA) is 29.5 Å². The molecule has 1 heterocycles. The minimum absolute atomic E-state index is 0.310. The molecule has 0 spiro atoms. The van der Waals surface area contributed by atoms with Gasteiger partial charge in [-0.3, -0.25) is 9.69 Å². The van der Waals surface area contributed by atoms with Crippen LogP contribution in [0.5, 0.6) is 0 Å². The lowest BCUT2D eigenvalue weighted by molar-refractivity contribution is -0.118. The summed E-state index contributed by atoms with van der Waals surface area (Å²) in [7, 11) is 0. The second kappa shape index (κ2) is 7.83. The van der Waals surface area contributed by atoms with Gasteiger partial charge >= 0.3 is 0 Å². The number of Topliss-reactive ketones (excluding diaryl/α,β-unsaturated/α-hetero) is 1. The molecule has 0 amide bonds. The molecule has 1 unspecified atom stereocenters. The summed E-state index contributed by atoms with van der Waals surface area (Å²) in [6.07, 6.45) is 4.41. The molecule has 1 aliphatic heterocycles. The van der Waals surface area contributed by atoms with Crippen LogP contribution in [0.3, 0.4) is 0 Å². The number of likely N-dealkylation sites (tertiary alicyclic amines) is 1. The zero-order valence-corrected chi connectivity index (χ0v) is 11.6. The minimum atomic E-state index is 0.310. The highest BCUT2D eigenvalue weighted by Gasteiger charge is 2.22. The van der Waals surface area contributed by atoms with Gasteiger partial charge < -0.3 is 4.74 Å². The lowest BCUT2D eigenvalue weighted by Gasteiger charge is -2.35. The Morgan fingerprint density at radius 3 is 2.82 bits per heavy atom. The van der Waals surface area contributed by atoms with E-state index in [9.17, 15) is 4.79 Å². The molecule has 100 valence electrons. The number of rotatable bonds is 7. The standard InChI is InChI=1S/C14H27NO2/c1-12(2)11-17-9-8-15-7-5-4-6-14(15)10-13(3)16/h12,14H,4-11H2,1-3H3. The quantitative estimate of drug-likeness (QED) is 0.641. The highest BCUT2D eigenvalue weighted by molar-refractivity contribution is 5.76. The largest absolute Gasteiger partial charge is 0.380 e. The van der Waals surface area contributed by atoms with E-state index in [1.807, 2.05) is 0 Å². The Morgan fingerprint density at radius 2 is 2.18 bits per heavy atom. The SMILES string of the molecule is CC(=O)CC1CCCCN1CCOCC(C)C. The number of piperidine rings is 1. The van der Waals surface area contributed by atoms with Gasteiger partial charge in [0.25, 0.3) is 0 Å². The van der Waals surface area contributed by atoms with E-state index in [4.69, 9.17) is 4.74 Å². The molecule has 0 bridgehead atoms. The molecular weight excluding hydrogens is 214 g/mol. The predicted molar refractivity (Wildman–Crippen MR) is 70.2 cm³/mol. The highest BCUT2D eigenvalue weighted by atomic mass is 16.5.